The number of hydrogen-bond donors (Lipinski definition) is 0. The minimum atomic E-state index is -0.711. The normalized spacial score (nSPS) is 23.3. The van der Waals surface area contributed by atoms with E-state index in [9.17, 15) is 14.4 Å². The number of ether oxygens (including phenoxy) is 1. The molecule has 0 N–H and O–H groups in total. The first-order chi connectivity index (χ1) is 15.2. The molecule has 0 saturated carbocycles. The molecule has 2 heterocycles. The molecule has 0 bridgehead atoms. The third-order valence-corrected chi connectivity index (χ3v) is 6.04. The van der Waals surface area contributed by atoms with Gasteiger partial charge in [0.25, 0.3) is 5.91 Å². The molecule has 6 nitrogen and oxygen atoms in total. The van der Waals surface area contributed by atoms with E-state index in [4.69, 9.17) is 4.74 Å². The number of nitrogens with zero attached hydrogens (tertiary/aromatic N) is 2. The predicted molar refractivity (Wildman–Crippen MR) is 121 cm³/mol. The van der Waals surface area contributed by atoms with Crippen molar-refractivity contribution in [2.75, 3.05) is 6.54 Å². The first kappa shape index (κ1) is 22.1. The smallest absolute Gasteiger partial charge is 0.417 e. The molecule has 0 radical (unpaired) electrons. The SMILES string of the molecule is CC(C)(C)OC(=O)N1C[C@H]2C[C@@H](Cc3ccccc3)C(=O)N2[C@@H](Cc2ccccc2)C1=O. The second-order valence-electron chi connectivity index (χ2n) is 9.66. The van der Waals surface area contributed by atoms with Gasteiger partial charge in [-0.2, -0.15) is 0 Å². The molecule has 2 aromatic rings. The number of piperazine rings is 1. The van der Waals surface area contributed by atoms with E-state index >= 15 is 0 Å². The first-order valence-electron chi connectivity index (χ1n) is 11.2. The van der Waals surface area contributed by atoms with Crippen LogP contribution in [0.3, 0.4) is 0 Å². The van der Waals surface area contributed by atoms with Gasteiger partial charge in [-0.1, -0.05) is 60.7 Å². The summed E-state index contributed by atoms with van der Waals surface area (Å²) in [5.74, 6) is -0.572. The number of fused-ring (bicyclic) bond motifs is 1. The van der Waals surface area contributed by atoms with E-state index in [2.05, 4.69) is 0 Å². The van der Waals surface area contributed by atoms with E-state index in [-0.39, 0.29) is 30.3 Å². The minimum Gasteiger partial charge on any atom is -0.443 e. The fraction of sp³-hybridized carbons (Fsp3) is 0.423. The molecule has 3 amide bonds. The Bertz CT molecular complexity index is 984. The average Bonchev–Trinajstić information content (AvgIpc) is 3.05. The zero-order valence-corrected chi connectivity index (χ0v) is 18.9. The second kappa shape index (κ2) is 8.77. The lowest BCUT2D eigenvalue weighted by molar-refractivity contribution is -0.151. The van der Waals surface area contributed by atoms with E-state index < -0.39 is 17.7 Å². The van der Waals surface area contributed by atoms with Gasteiger partial charge in [-0.05, 0) is 44.7 Å². The predicted octanol–water partition coefficient (Wildman–Crippen LogP) is 3.83. The van der Waals surface area contributed by atoms with E-state index in [1.54, 1.807) is 25.7 Å². The highest BCUT2D eigenvalue weighted by Crippen LogP contribution is 2.35. The number of rotatable bonds is 4. The Morgan fingerprint density at radius 2 is 1.47 bits per heavy atom. The fourth-order valence-corrected chi connectivity index (χ4v) is 4.68. The molecule has 0 aromatic heterocycles. The molecular weight excluding hydrogens is 404 g/mol. The zero-order valence-electron chi connectivity index (χ0n) is 18.9. The summed E-state index contributed by atoms with van der Waals surface area (Å²) in [7, 11) is 0. The molecule has 2 aromatic carbocycles. The van der Waals surface area contributed by atoms with Crippen LogP contribution in [-0.2, 0) is 27.2 Å². The Morgan fingerprint density at radius 1 is 0.906 bits per heavy atom. The molecule has 2 aliphatic rings. The van der Waals surface area contributed by atoms with Crippen molar-refractivity contribution in [3.63, 3.8) is 0 Å². The average molecular weight is 435 g/mol. The molecule has 2 saturated heterocycles. The molecule has 0 spiro atoms. The summed E-state index contributed by atoms with van der Waals surface area (Å²) in [5, 5.41) is 0. The number of carbonyl (C=O) groups excluding carboxylic acids is 3. The van der Waals surface area contributed by atoms with Crippen LogP contribution in [0.4, 0.5) is 4.79 Å². The van der Waals surface area contributed by atoms with Gasteiger partial charge in [-0.15, -0.1) is 0 Å². The molecule has 2 aliphatic heterocycles. The molecule has 2 fully saturated rings. The van der Waals surface area contributed by atoms with Crippen LogP contribution in [0.25, 0.3) is 0 Å². The molecule has 32 heavy (non-hydrogen) atoms. The Balaban J connectivity index is 1.61. The summed E-state index contributed by atoms with van der Waals surface area (Å²) in [6.45, 7) is 5.52. The van der Waals surface area contributed by atoms with Crippen molar-refractivity contribution in [1.29, 1.82) is 0 Å². The van der Waals surface area contributed by atoms with Crippen LogP contribution in [0.2, 0.25) is 0 Å². The number of hydrogen-bond acceptors (Lipinski definition) is 4. The quantitative estimate of drug-likeness (QED) is 0.733. The molecule has 0 unspecified atom stereocenters. The van der Waals surface area contributed by atoms with Crippen molar-refractivity contribution in [3.8, 4) is 0 Å². The van der Waals surface area contributed by atoms with Crippen molar-refractivity contribution in [3.05, 3.63) is 71.8 Å². The van der Waals surface area contributed by atoms with E-state index in [0.717, 1.165) is 11.1 Å². The maximum absolute atomic E-state index is 13.4. The van der Waals surface area contributed by atoms with Crippen molar-refractivity contribution < 1.29 is 19.1 Å². The van der Waals surface area contributed by atoms with Gasteiger partial charge in [0, 0.05) is 12.3 Å². The van der Waals surface area contributed by atoms with Crippen LogP contribution < -0.4 is 0 Å². The summed E-state index contributed by atoms with van der Waals surface area (Å²) in [6.07, 6.45) is 0.982. The first-order valence-corrected chi connectivity index (χ1v) is 11.2. The summed E-state index contributed by atoms with van der Waals surface area (Å²) in [6, 6.07) is 18.6. The maximum Gasteiger partial charge on any atom is 0.417 e. The van der Waals surface area contributed by atoms with E-state index in [0.29, 0.717) is 19.3 Å². The van der Waals surface area contributed by atoms with Crippen molar-refractivity contribution in [2.24, 2.45) is 5.92 Å². The monoisotopic (exact) mass is 434 g/mol. The maximum atomic E-state index is 13.4. The van der Waals surface area contributed by atoms with Gasteiger partial charge in [0.2, 0.25) is 5.91 Å². The highest BCUT2D eigenvalue weighted by molar-refractivity contribution is 5.99. The van der Waals surface area contributed by atoms with Crippen LogP contribution >= 0.6 is 0 Å². The Kier molecular flexibility index (Phi) is 6.04. The van der Waals surface area contributed by atoms with Gasteiger partial charge in [-0.3, -0.25) is 9.59 Å². The zero-order chi connectivity index (χ0) is 22.9. The molecule has 0 aliphatic carbocycles. The summed E-state index contributed by atoms with van der Waals surface area (Å²) >= 11 is 0. The van der Waals surface area contributed by atoms with Crippen molar-refractivity contribution in [2.45, 2.75) is 57.7 Å². The lowest BCUT2D eigenvalue weighted by Gasteiger charge is -2.42. The van der Waals surface area contributed by atoms with Crippen LogP contribution in [-0.4, -0.2) is 51.9 Å². The van der Waals surface area contributed by atoms with Gasteiger partial charge >= 0.3 is 6.09 Å². The Hall–Kier alpha value is -3.15. The van der Waals surface area contributed by atoms with E-state index in [1.807, 2.05) is 60.7 Å². The van der Waals surface area contributed by atoms with Crippen molar-refractivity contribution >= 4 is 17.9 Å². The number of carbonyl (C=O) groups is 3. The lowest BCUT2D eigenvalue weighted by atomic mass is 9.96. The van der Waals surface area contributed by atoms with Gasteiger partial charge < -0.3 is 9.64 Å². The molecular formula is C26H30N2O4. The fourth-order valence-electron chi connectivity index (χ4n) is 4.68. The summed E-state index contributed by atoms with van der Waals surface area (Å²) in [5.41, 5.74) is 1.35. The number of imide groups is 1. The molecule has 3 atom stereocenters. The summed E-state index contributed by atoms with van der Waals surface area (Å²) in [4.78, 5) is 42.7. The lowest BCUT2D eigenvalue weighted by Crippen LogP contribution is -2.63. The topological polar surface area (TPSA) is 66.9 Å². The van der Waals surface area contributed by atoms with Crippen LogP contribution in [0.15, 0.2) is 60.7 Å². The largest absolute Gasteiger partial charge is 0.443 e. The van der Waals surface area contributed by atoms with Gasteiger partial charge in [-0.25, -0.2) is 9.69 Å². The molecule has 4 rings (SSSR count). The highest BCUT2D eigenvalue weighted by atomic mass is 16.6. The highest BCUT2D eigenvalue weighted by Gasteiger charge is 2.52. The Morgan fingerprint density at radius 3 is 2.03 bits per heavy atom. The number of benzene rings is 2. The molecule has 168 valence electrons. The minimum absolute atomic E-state index is 0.00280. The van der Waals surface area contributed by atoms with Crippen LogP contribution in [0.5, 0.6) is 0 Å². The summed E-state index contributed by atoms with van der Waals surface area (Å²) < 4.78 is 5.51. The third-order valence-electron chi connectivity index (χ3n) is 6.04. The van der Waals surface area contributed by atoms with Crippen LogP contribution in [0.1, 0.15) is 38.3 Å². The van der Waals surface area contributed by atoms with Crippen LogP contribution in [0, 0.1) is 5.92 Å². The van der Waals surface area contributed by atoms with Gasteiger partial charge in [0.1, 0.15) is 11.6 Å². The standard InChI is InChI=1S/C26H30N2O4/c1-26(2,3)32-25(31)27-17-21-16-20(14-18-10-6-4-7-11-18)23(29)28(21)22(24(27)30)15-19-12-8-5-9-13-19/h4-13,20-22H,14-17H2,1-3H3/t20-,21-,22+/m1/s1. The van der Waals surface area contributed by atoms with Crippen molar-refractivity contribution in [1.82, 2.24) is 9.80 Å². The second-order valence-corrected chi connectivity index (χ2v) is 9.66. The third kappa shape index (κ3) is 4.69. The molecule has 6 heteroatoms. The number of amides is 3. The Labute approximate surface area is 189 Å². The van der Waals surface area contributed by atoms with Gasteiger partial charge in [0.15, 0.2) is 0 Å². The van der Waals surface area contributed by atoms with Gasteiger partial charge in [0.05, 0.1) is 12.6 Å². The van der Waals surface area contributed by atoms with E-state index in [1.165, 1.54) is 4.90 Å².